The quantitative estimate of drug-likeness (QED) is 0.270. The van der Waals surface area contributed by atoms with Crippen LogP contribution >= 0.6 is 0 Å². The van der Waals surface area contributed by atoms with Crippen molar-refractivity contribution in [3.63, 3.8) is 0 Å². The molecule has 0 aliphatic rings. The van der Waals surface area contributed by atoms with Gasteiger partial charge < -0.3 is 4.90 Å². The van der Waals surface area contributed by atoms with Crippen molar-refractivity contribution in [2.75, 3.05) is 13.1 Å². The maximum Gasteiger partial charge on any atom is 1.00 e. The summed E-state index contributed by atoms with van der Waals surface area (Å²) < 4.78 is 0. The summed E-state index contributed by atoms with van der Waals surface area (Å²) >= 11 is 0. The summed E-state index contributed by atoms with van der Waals surface area (Å²) in [6.45, 7) is 13.5. The van der Waals surface area contributed by atoms with Crippen molar-refractivity contribution in [2.45, 2.75) is 13.3 Å². The van der Waals surface area contributed by atoms with Gasteiger partial charge in [0.15, 0.2) is 0 Å². The fourth-order valence-corrected chi connectivity index (χ4v) is 0.813. The van der Waals surface area contributed by atoms with Crippen molar-refractivity contribution in [3.05, 3.63) is 31.9 Å². The molecule has 0 fully saturated rings. The second-order valence-corrected chi connectivity index (χ2v) is 2.12. The molecule has 0 N–H and O–H groups in total. The zero-order valence-corrected chi connectivity index (χ0v) is 7.71. The summed E-state index contributed by atoms with van der Waals surface area (Å²) in [4.78, 5) is 2.18. The van der Waals surface area contributed by atoms with Crippen LogP contribution in [-0.2, 0) is 0 Å². The first-order chi connectivity index (χ1) is 4.85. The third-order valence-corrected chi connectivity index (χ3v) is 1.17. The second kappa shape index (κ2) is 10.0. The Balaban J connectivity index is 0. The van der Waals surface area contributed by atoms with Crippen LogP contribution in [0.1, 0.15) is 13.3 Å². The summed E-state index contributed by atoms with van der Waals surface area (Å²) in [5.74, 6) is 0. The van der Waals surface area contributed by atoms with Crippen LogP contribution in [0.15, 0.2) is 25.3 Å². The molecule has 0 aliphatic carbocycles. The zero-order valence-electron chi connectivity index (χ0n) is 7.71. The molecule has 0 atom stereocenters. The molecule has 0 aromatic heterocycles. The Bertz CT molecular complexity index is 91.7. The van der Waals surface area contributed by atoms with E-state index in [1.807, 2.05) is 12.2 Å². The average Bonchev–Trinajstić information content (AvgIpc) is 1.90. The predicted octanol–water partition coefficient (Wildman–Crippen LogP) is -0.764. The fourth-order valence-electron chi connectivity index (χ4n) is 0.813. The Morgan fingerprint density at radius 3 is 2.00 bits per heavy atom. The van der Waals surface area contributed by atoms with E-state index in [4.69, 9.17) is 0 Å². The van der Waals surface area contributed by atoms with E-state index >= 15 is 0 Å². The molecule has 0 aromatic carbocycles. The van der Waals surface area contributed by atoms with Crippen molar-refractivity contribution in [1.82, 2.24) is 4.90 Å². The molecule has 2 heteroatoms. The molecule has 0 amide bonds. The van der Waals surface area contributed by atoms with Crippen LogP contribution in [0.3, 0.4) is 0 Å². The molecule has 0 radical (unpaired) electrons. The molecule has 58 valence electrons. The van der Waals surface area contributed by atoms with E-state index in [9.17, 15) is 0 Å². The number of hydrogen-bond donors (Lipinski definition) is 0. The van der Waals surface area contributed by atoms with Crippen molar-refractivity contribution in [1.29, 1.82) is 0 Å². The monoisotopic (exact) mass is 145 g/mol. The molecule has 0 bridgehead atoms. The maximum absolute atomic E-state index is 3.67. The van der Waals surface area contributed by atoms with E-state index < -0.39 is 0 Å². The van der Waals surface area contributed by atoms with Crippen LogP contribution < -0.4 is 18.9 Å². The smallest absolute Gasteiger partial charge is 0.450 e. The van der Waals surface area contributed by atoms with Gasteiger partial charge in [-0.2, -0.15) is 6.42 Å². The molecule has 0 rings (SSSR count). The summed E-state index contributed by atoms with van der Waals surface area (Å²) in [7, 11) is 0. The summed E-state index contributed by atoms with van der Waals surface area (Å²) in [5.41, 5.74) is 0. The van der Waals surface area contributed by atoms with Gasteiger partial charge in [0.1, 0.15) is 0 Å². The number of hydrogen-bond acceptors (Lipinski definition) is 1. The van der Waals surface area contributed by atoms with Crippen molar-refractivity contribution >= 4 is 0 Å². The predicted molar refractivity (Wildman–Crippen MR) is 46.6 cm³/mol. The molecule has 1 nitrogen and oxygen atoms in total. The second-order valence-electron chi connectivity index (χ2n) is 2.12. The average molecular weight is 145 g/mol. The van der Waals surface area contributed by atoms with Crippen molar-refractivity contribution < 1.29 is 18.9 Å². The van der Waals surface area contributed by atoms with E-state index in [1.54, 1.807) is 0 Å². The van der Waals surface area contributed by atoms with Gasteiger partial charge in [0.25, 0.3) is 0 Å². The standard InChI is InChI=1S/C9H16N.Li/c1-4-7-10(8-5-2)9-6-3;/h4-5,9H,1-2,6-8H2,3H3;/q-1;+1. The summed E-state index contributed by atoms with van der Waals surface area (Å²) in [6, 6.07) is 0. The zero-order chi connectivity index (χ0) is 7.82. The largest absolute Gasteiger partial charge is 1.00 e. The first-order valence-corrected chi connectivity index (χ1v) is 3.64. The first-order valence-electron chi connectivity index (χ1n) is 3.64. The summed E-state index contributed by atoms with van der Waals surface area (Å²) in [5, 5.41) is 0. The van der Waals surface area contributed by atoms with Gasteiger partial charge in [-0.25, -0.2) is 0 Å². The van der Waals surface area contributed by atoms with E-state index in [1.165, 1.54) is 0 Å². The van der Waals surface area contributed by atoms with Gasteiger partial charge in [0.05, 0.1) is 0 Å². The van der Waals surface area contributed by atoms with Crippen molar-refractivity contribution in [2.24, 2.45) is 0 Å². The minimum Gasteiger partial charge on any atom is -0.450 e. The normalized spacial score (nSPS) is 8.91. The van der Waals surface area contributed by atoms with E-state index in [0.717, 1.165) is 19.5 Å². The molecule has 0 unspecified atom stereocenters. The van der Waals surface area contributed by atoms with Crippen LogP contribution in [0.4, 0.5) is 0 Å². The minimum absolute atomic E-state index is 0. The van der Waals surface area contributed by atoms with Gasteiger partial charge in [0.2, 0.25) is 0 Å². The van der Waals surface area contributed by atoms with Gasteiger partial charge in [-0.1, -0.05) is 19.1 Å². The molecule has 0 heterocycles. The van der Waals surface area contributed by atoms with Gasteiger partial charge >= 0.3 is 18.9 Å². The maximum atomic E-state index is 3.67. The molecule has 0 aliphatic heterocycles. The van der Waals surface area contributed by atoms with Crippen LogP contribution in [0.2, 0.25) is 0 Å². The first kappa shape index (κ1) is 13.6. The van der Waals surface area contributed by atoms with Gasteiger partial charge in [-0.3, -0.25) is 6.54 Å². The molecule has 0 saturated heterocycles. The molecular weight excluding hydrogens is 129 g/mol. The van der Waals surface area contributed by atoms with E-state index in [0.29, 0.717) is 0 Å². The van der Waals surface area contributed by atoms with Crippen molar-refractivity contribution in [3.8, 4) is 0 Å². The number of rotatable bonds is 6. The Kier molecular flexibility index (Phi) is 12.4. The minimum atomic E-state index is 0. The topological polar surface area (TPSA) is 3.24 Å². The Labute approximate surface area is 82.3 Å². The van der Waals surface area contributed by atoms with Crippen LogP contribution in [-0.4, -0.2) is 18.0 Å². The third-order valence-electron chi connectivity index (χ3n) is 1.17. The molecule has 0 spiro atoms. The van der Waals surface area contributed by atoms with E-state index in [-0.39, 0.29) is 18.9 Å². The Hall–Kier alpha value is 0.0374. The molecule has 0 aromatic rings. The molecule has 0 saturated carbocycles. The van der Waals surface area contributed by atoms with E-state index in [2.05, 4.69) is 31.5 Å². The Morgan fingerprint density at radius 1 is 1.27 bits per heavy atom. The summed E-state index contributed by atoms with van der Waals surface area (Å²) in [6.07, 6.45) is 4.87. The third kappa shape index (κ3) is 7.94. The molecule has 11 heavy (non-hydrogen) atoms. The SMILES string of the molecule is C=CCN([CH-]CC)CC=C.[Li+]. The van der Waals surface area contributed by atoms with Crippen LogP contribution in [0, 0.1) is 6.54 Å². The fraction of sp³-hybridized carbons (Fsp3) is 0.444. The molecular formula is C9H16LiN. The van der Waals surface area contributed by atoms with Gasteiger partial charge in [-0.15, -0.1) is 13.2 Å². The van der Waals surface area contributed by atoms with Crippen LogP contribution in [0.5, 0.6) is 0 Å². The Morgan fingerprint density at radius 2 is 1.73 bits per heavy atom. The van der Waals surface area contributed by atoms with Crippen LogP contribution in [0.25, 0.3) is 0 Å². The van der Waals surface area contributed by atoms with Gasteiger partial charge in [0, 0.05) is 0 Å². The number of nitrogens with zero attached hydrogens (tertiary/aromatic N) is 1. The van der Waals surface area contributed by atoms with Gasteiger partial charge in [-0.05, 0) is 13.1 Å².